The maximum atomic E-state index is 17.6. The van der Waals surface area contributed by atoms with Gasteiger partial charge in [-0.3, -0.25) is 0 Å². The number of benzene rings is 4. The summed E-state index contributed by atoms with van der Waals surface area (Å²) in [5.41, 5.74) is 4.61. The Kier molecular flexibility index (Phi) is 16.5. The summed E-state index contributed by atoms with van der Waals surface area (Å²) in [6.07, 6.45) is 13.0. The van der Waals surface area contributed by atoms with Gasteiger partial charge in [0.1, 0.15) is 19.1 Å². The van der Waals surface area contributed by atoms with E-state index in [9.17, 15) is 0 Å². The van der Waals surface area contributed by atoms with E-state index in [1.54, 1.807) is 52.0 Å². The Bertz CT molecular complexity index is 4020. The van der Waals surface area contributed by atoms with Crippen LogP contribution in [0.25, 0.3) is 57.5 Å². The molecule has 409 valence electrons. The molecule has 0 radical (unpaired) electrons. The van der Waals surface area contributed by atoms with Crippen molar-refractivity contribution in [3.8, 4) is 56.6 Å². The molecule has 0 atom stereocenters. The van der Waals surface area contributed by atoms with E-state index in [-0.39, 0.29) is 11.1 Å². The van der Waals surface area contributed by atoms with E-state index in [4.69, 9.17) is 13.5 Å². The number of aromatic nitrogens is 2. The Labute approximate surface area is 508 Å². The van der Waals surface area contributed by atoms with Crippen molar-refractivity contribution in [2.75, 3.05) is 13.2 Å². The van der Waals surface area contributed by atoms with Crippen molar-refractivity contribution < 1.29 is 31.5 Å². The molecule has 3 nitrogen and oxygen atoms in total. The van der Waals surface area contributed by atoms with Crippen LogP contribution in [-0.4, -0.2) is 38.1 Å². The Balaban J connectivity index is 1.01. The van der Waals surface area contributed by atoms with Gasteiger partial charge in [-0.2, -0.15) is 8.75 Å². The van der Waals surface area contributed by atoms with Crippen LogP contribution in [-0.2, 0) is 22.7 Å². The van der Waals surface area contributed by atoms with E-state index in [1.165, 1.54) is 66.6 Å². The van der Waals surface area contributed by atoms with E-state index < -0.39 is 35.0 Å². The molecule has 0 aliphatic carbocycles. The summed E-state index contributed by atoms with van der Waals surface area (Å²) in [5, 5.41) is 10.5. The van der Waals surface area contributed by atoms with Gasteiger partial charge in [0, 0.05) is 19.5 Å². The number of hydrogen-bond donors (Lipinski definition) is 0. The second kappa shape index (κ2) is 23.6. The first kappa shape index (κ1) is 56.6. The van der Waals surface area contributed by atoms with Crippen LogP contribution in [0.5, 0.6) is 0 Å². The Morgan fingerprint density at radius 2 is 1.07 bits per heavy atom. The van der Waals surface area contributed by atoms with Gasteiger partial charge in [-0.1, -0.05) is 32.8 Å². The van der Waals surface area contributed by atoms with Crippen molar-refractivity contribution in [1.29, 1.82) is 0 Å². The topological polar surface area (TPSA) is 35.0 Å². The molecule has 0 spiro atoms. The molecule has 3 aliphatic rings. The van der Waals surface area contributed by atoms with Crippen molar-refractivity contribution in [1.82, 2.24) is 8.75 Å². The molecule has 9 aromatic rings. The van der Waals surface area contributed by atoms with Gasteiger partial charge >= 0.3 is 324 Å². The first-order valence-corrected chi connectivity index (χ1v) is 40.0. The molecule has 4 aromatic carbocycles. The van der Waals surface area contributed by atoms with Crippen LogP contribution in [0.4, 0.5) is 8.78 Å². The van der Waals surface area contributed by atoms with Crippen LogP contribution in [0.3, 0.4) is 0 Å². The third-order valence-electron chi connectivity index (χ3n) is 16.6. The molecule has 5 aromatic heterocycles. The Hall–Kier alpha value is -4.88. The van der Waals surface area contributed by atoms with Crippen LogP contribution in [0, 0.1) is 27.8 Å². The number of nitrogens with zero attached hydrogens (tertiary/aromatic N) is 2. The van der Waals surface area contributed by atoms with Gasteiger partial charge in [-0.15, -0.1) is 22.7 Å². The van der Waals surface area contributed by atoms with Crippen molar-refractivity contribution >= 4 is 134 Å². The molecule has 1 saturated heterocycles. The first-order chi connectivity index (χ1) is 39.6. The minimum absolute atomic E-state index is 0.233. The second-order valence-electron chi connectivity index (χ2n) is 21.2. The van der Waals surface area contributed by atoms with E-state index in [1.807, 2.05) is 11.3 Å². The van der Waals surface area contributed by atoms with Crippen LogP contribution < -0.4 is 36.7 Å². The summed E-state index contributed by atoms with van der Waals surface area (Å²) in [7, 11) is -7.15. The van der Waals surface area contributed by atoms with Gasteiger partial charge in [-0.25, -0.2) is 8.78 Å². The molecular weight excluding hydrogens is 1320 g/mol. The molecule has 1 fully saturated rings. The number of allylic oxidation sites excluding steroid dienone is 5. The van der Waals surface area contributed by atoms with Crippen molar-refractivity contribution in [3.63, 3.8) is 0 Å². The normalized spacial score (nSPS) is 16.2. The molecule has 3 aliphatic heterocycles. The summed E-state index contributed by atoms with van der Waals surface area (Å²) in [6, 6.07) is 46.5. The summed E-state index contributed by atoms with van der Waals surface area (Å²) >= 11 is 9.63. The van der Waals surface area contributed by atoms with Gasteiger partial charge in [0.2, 0.25) is 0 Å². The summed E-state index contributed by atoms with van der Waals surface area (Å²) < 4.78 is 54.8. The average molecular weight is 1390 g/mol. The number of rotatable bonds is 16. The number of halogens is 2. The third kappa shape index (κ3) is 9.36. The fourth-order valence-corrected chi connectivity index (χ4v) is 38.5. The van der Waals surface area contributed by atoms with Crippen LogP contribution in [0.1, 0.15) is 77.0 Å². The minimum atomic E-state index is -2.59. The second-order valence-corrected chi connectivity index (χ2v) is 38.4. The van der Waals surface area contributed by atoms with Crippen molar-refractivity contribution in [3.05, 3.63) is 177 Å². The number of ether oxygens (including phenoxy) is 1. The molecule has 0 saturated carbocycles. The van der Waals surface area contributed by atoms with E-state index in [0.717, 1.165) is 92.7 Å². The molecule has 0 amide bonds. The molecule has 0 N–H and O–H groups in total. The fourth-order valence-electron chi connectivity index (χ4n) is 13.4. The Morgan fingerprint density at radius 1 is 0.617 bits per heavy atom. The fraction of sp³-hybridized carbons (Fsp3) is 0.239. The van der Waals surface area contributed by atoms with Crippen LogP contribution in [0.2, 0.25) is 24.2 Å². The third-order valence-corrected chi connectivity index (χ3v) is 39.1. The zero-order valence-corrected chi connectivity index (χ0v) is 55.8. The molecule has 12 rings (SSSR count). The van der Waals surface area contributed by atoms with Crippen LogP contribution >= 0.6 is 64.3 Å². The van der Waals surface area contributed by atoms with Gasteiger partial charge in [0.05, 0.1) is 17.3 Å². The van der Waals surface area contributed by atoms with Crippen molar-refractivity contribution in [2.24, 2.45) is 0 Å². The zero-order valence-electron chi connectivity index (χ0n) is 46.3. The predicted molar refractivity (Wildman–Crippen MR) is 351 cm³/mol. The molecule has 81 heavy (non-hydrogen) atoms. The van der Waals surface area contributed by atoms with Gasteiger partial charge in [0.15, 0.2) is 11.6 Å². The predicted octanol–water partition coefficient (Wildman–Crippen LogP) is 16.3. The van der Waals surface area contributed by atoms with Gasteiger partial charge < -0.3 is 0 Å². The van der Waals surface area contributed by atoms with Gasteiger partial charge in [0.25, 0.3) is 0 Å². The first-order valence-electron chi connectivity index (χ1n) is 28.1. The molecular formula is C67H61F2N2OOsPS5Si2+. The van der Waals surface area contributed by atoms with Crippen molar-refractivity contribution in [2.45, 2.75) is 91.4 Å². The van der Waals surface area contributed by atoms with E-state index >= 15 is 8.78 Å². The standard InChI is InChI=1S/C67H61F2N2OPS5Si2.Os/c1-8-23-50-37-54-64(74-50)66-56(79(54,32-9-2)33-10-3)39-52(76-66)58-60(68)61(69)59(63-62(58)70-78-71-63)53-40-57-67(77-53)65-55(80(57,34-11-4)35-12-5)38-51(75-65)31-30-45(36-46-42-72-41-44(46)13-6)43(7)73(47-24-17-14-18-25-47,48-26-19-15-20-27-48)49-28-21-16-22-29-49;/h8,13-29,36-40H,9-12,32-35,41-42H2,1-6H3;/q+1;/b23-8+,44-13?,45-43?,46-36?;. The summed E-state index contributed by atoms with van der Waals surface area (Å²) in [4.78, 5) is 8.72. The zero-order chi connectivity index (χ0) is 56.0. The molecule has 8 heterocycles. The Morgan fingerprint density at radius 3 is 1.54 bits per heavy atom. The number of thiophene rings is 4. The van der Waals surface area contributed by atoms with Crippen LogP contribution in [0.15, 0.2) is 156 Å². The summed E-state index contributed by atoms with van der Waals surface area (Å²) in [6.45, 7) is 14.4. The number of fused-ring (bicyclic) bond motifs is 7. The number of hydrogen-bond acceptors (Lipinski definition) is 8. The molecule has 0 unspecified atom stereocenters. The molecule has 0 bridgehead atoms. The van der Waals surface area contributed by atoms with E-state index in [2.05, 4.69) is 197 Å². The SMILES string of the molecule is CC=C1COCC1=CC(C#Cc1cc2c(s1)-c1sc(-c3c(F)c(F)c(-c4cc5c(s4)-c4sc(/C=C/C)cc4[Si]5(CCC)CCC)c4nsnc34)cc1[Si]2(CCC)CCC)=C([C]#[Os])[P+](c1ccccc1)(c1ccccc1)c1ccccc1. The summed E-state index contributed by atoms with van der Waals surface area (Å²) in [5.74, 6) is 6.00. The monoisotopic (exact) mass is 1390 g/mol. The van der Waals surface area contributed by atoms with Gasteiger partial charge in [-0.05, 0) is 47.6 Å². The molecule has 14 heteroatoms. The average Bonchev–Trinajstić information content (AvgIpc) is 4.50. The maximum absolute atomic E-state index is 17.6. The quantitative estimate of drug-likeness (QED) is 0.0549. The van der Waals surface area contributed by atoms with E-state index in [0.29, 0.717) is 24.2 Å².